The lowest BCUT2D eigenvalue weighted by atomic mass is 9.84. The number of benzene rings is 4. The monoisotopic (exact) mass is 382 g/mol. The minimum Gasteiger partial charge on any atom is -0.496 e. The molecule has 29 heavy (non-hydrogen) atoms. The van der Waals surface area contributed by atoms with E-state index in [9.17, 15) is 0 Å². The third-order valence-electron chi connectivity index (χ3n) is 5.58. The molecule has 0 spiro atoms. The molecule has 0 N–H and O–H groups in total. The lowest BCUT2D eigenvalue weighted by molar-refractivity contribution is 0.404. The summed E-state index contributed by atoms with van der Waals surface area (Å²) in [6.07, 6.45) is 1.80. The first kappa shape index (κ1) is 19.1. The second-order valence-corrected chi connectivity index (χ2v) is 7.30. The summed E-state index contributed by atoms with van der Waals surface area (Å²) in [6.45, 7) is 0. The van der Waals surface area contributed by atoms with Crippen LogP contribution in [0, 0.1) is 0 Å². The molecule has 4 rings (SSSR count). The topological polar surface area (TPSA) is 18.5 Å². The van der Waals surface area contributed by atoms with Gasteiger partial charge in [0.15, 0.2) is 0 Å². The van der Waals surface area contributed by atoms with E-state index in [1.807, 2.05) is 24.3 Å². The summed E-state index contributed by atoms with van der Waals surface area (Å²) in [5.41, 5.74) is 3.81. The Bertz CT molecular complexity index is 1050. The standard InChI is InChI=1S/C27H26O2/c1-28-26-16-7-4-11-21(26)18-23(19-22-12-5-8-17-27(22)29-2)25-15-9-13-20-10-3-6-14-24(20)25/h3-17,23H,18-19H2,1-2H3. The first-order chi connectivity index (χ1) is 14.3. The Kier molecular flexibility index (Phi) is 5.81. The minimum absolute atomic E-state index is 0.300. The molecule has 0 amide bonds. The Morgan fingerprint density at radius 3 is 1.72 bits per heavy atom. The van der Waals surface area contributed by atoms with Gasteiger partial charge in [-0.1, -0.05) is 78.9 Å². The zero-order valence-corrected chi connectivity index (χ0v) is 17.0. The van der Waals surface area contributed by atoms with E-state index in [2.05, 4.69) is 66.7 Å². The number of para-hydroxylation sites is 2. The van der Waals surface area contributed by atoms with Crippen molar-refractivity contribution < 1.29 is 9.47 Å². The average Bonchev–Trinajstić information content (AvgIpc) is 2.79. The number of hydrogen-bond donors (Lipinski definition) is 0. The van der Waals surface area contributed by atoms with Gasteiger partial charge in [0, 0.05) is 0 Å². The molecule has 0 radical (unpaired) electrons. The predicted molar refractivity (Wildman–Crippen MR) is 120 cm³/mol. The van der Waals surface area contributed by atoms with Crippen LogP contribution in [0.15, 0.2) is 91.0 Å². The molecule has 0 saturated heterocycles. The van der Waals surface area contributed by atoms with Crippen LogP contribution in [0.3, 0.4) is 0 Å². The molecule has 0 aromatic heterocycles. The highest BCUT2D eigenvalue weighted by molar-refractivity contribution is 5.86. The van der Waals surface area contributed by atoms with Gasteiger partial charge in [0.2, 0.25) is 0 Å². The van der Waals surface area contributed by atoms with Crippen molar-refractivity contribution in [1.82, 2.24) is 0 Å². The molecule has 0 aliphatic carbocycles. The van der Waals surface area contributed by atoms with Crippen molar-refractivity contribution in [3.63, 3.8) is 0 Å². The summed E-state index contributed by atoms with van der Waals surface area (Å²) in [5, 5.41) is 2.58. The Hall–Kier alpha value is -3.26. The van der Waals surface area contributed by atoms with Crippen molar-refractivity contribution in [2.45, 2.75) is 18.8 Å². The molecule has 0 bridgehead atoms. The van der Waals surface area contributed by atoms with Gasteiger partial charge in [-0.25, -0.2) is 0 Å². The molecule has 2 nitrogen and oxygen atoms in total. The molecular weight excluding hydrogens is 356 g/mol. The molecule has 0 aliphatic rings. The van der Waals surface area contributed by atoms with Gasteiger partial charge >= 0.3 is 0 Å². The number of fused-ring (bicyclic) bond motifs is 1. The summed E-state index contributed by atoms with van der Waals surface area (Å²) in [5.74, 6) is 2.18. The van der Waals surface area contributed by atoms with Crippen LogP contribution in [0.2, 0.25) is 0 Å². The normalized spacial score (nSPS) is 11.0. The maximum atomic E-state index is 5.64. The van der Waals surface area contributed by atoms with Gasteiger partial charge in [-0.3, -0.25) is 0 Å². The highest BCUT2D eigenvalue weighted by Crippen LogP contribution is 2.35. The Morgan fingerprint density at radius 2 is 1.10 bits per heavy atom. The molecule has 0 aliphatic heterocycles. The van der Waals surface area contributed by atoms with Crippen molar-refractivity contribution in [1.29, 1.82) is 0 Å². The van der Waals surface area contributed by atoms with Crippen LogP contribution in [0.25, 0.3) is 10.8 Å². The number of rotatable bonds is 7. The van der Waals surface area contributed by atoms with Gasteiger partial charge in [-0.05, 0) is 58.4 Å². The van der Waals surface area contributed by atoms with Crippen LogP contribution in [-0.4, -0.2) is 14.2 Å². The Balaban J connectivity index is 1.80. The number of ether oxygens (including phenoxy) is 2. The average molecular weight is 383 g/mol. The molecule has 0 saturated carbocycles. The molecule has 0 heterocycles. The zero-order valence-electron chi connectivity index (χ0n) is 17.0. The van der Waals surface area contributed by atoms with Crippen molar-refractivity contribution in [3.8, 4) is 11.5 Å². The first-order valence-corrected chi connectivity index (χ1v) is 10.0. The maximum Gasteiger partial charge on any atom is 0.122 e. The highest BCUT2D eigenvalue weighted by atomic mass is 16.5. The Labute approximate surface area is 172 Å². The molecule has 4 aromatic carbocycles. The number of hydrogen-bond acceptors (Lipinski definition) is 2. The van der Waals surface area contributed by atoms with Gasteiger partial charge in [0.1, 0.15) is 11.5 Å². The summed E-state index contributed by atoms with van der Waals surface area (Å²) in [6, 6.07) is 31.9. The molecule has 0 unspecified atom stereocenters. The van der Waals surface area contributed by atoms with Crippen LogP contribution in [0.4, 0.5) is 0 Å². The molecule has 2 heteroatoms. The SMILES string of the molecule is COc1ccccc1CC(Cc1ccccc1OC)c1cccc2ccccc12. The molecule has 146 valence electrons. The van der Waals surface area contributed by atoms with Gasteiger partial charge in [-0.15, -0.1) is 0 Å². The third-order valence-corrected chi connectivity index (χ3v) is 5.58. The van der Waals surface area contributed by atoms with Crippen LogP contribution in [0.1, 0.15) is 22.6 Å². The molecule has 0 atom stereocenters. The van der Waals surface area contributed by atoms with E-state index in [0.29, 0.717) is 5.92 Å². The number of methoxy groups -OCH3 is 2. The fourth-order valence-corrected chi connectivity index (χ4v) is 4.17. The smallest absolute Gasteiger partial charge is 0.122 e. The molecule has 0 fully saturated rings. The van der Waals surface area contributed by atoms with Crippen LogP contribution in [-0.2, 0) is 12.8 Å². The van der Waals surface area contributed by atoms with E-state index in [-0.39, 0.29) is 0 Å². The van der Waals surface area contributed by atoms with E-state index in [1.165, 1.54) is 27.5 Å². The van der Waals surface area contributed by atoms with Crippen LogP contribution >= 0.6 is 0 Å². The summed E-state index contributed by atoms with van der Waals surface area (Å²) >= 11 is 0. The quantitative estimate of drug-likeness (QED) is 0.367. The summed E-state index contributed by atoms with van der Waals surface area (Å²) in [7, 11) is 3.48. The summed E-state index contributed by atoms with van der Waals surface area (Å²) < 4.78 is 11.3. The molecular formula is C27H26O2. The van der Waals surface area contributed by atoms with Gasteiger partial charge < -0.3 is 9.47 Å². The first-order valence-electron chi connectivity index (χ1n) is 10.0. The predicted octanol–water partition coefficient (Wildman–Crippen LogP) is 6.43. The maximum absolute atomic E-state index is 5.64. The van der Waals surface area contributed by atoms with Gasteiger partial charge in [0.05, 0.1) is 14.2 Å². The van der Waals surface area contributed by atoms with Crippen molar-refractivity contribution in [2.75, 3.05) is 14.2 Å². The van der Waals surface area contributed by atoms with Gasteiger partial charge in [-0.2, -0.15) is 0 Å². The van der Waals surface area contributed by atoms with Crippen molar-refractivity contribution >= 4 is 10.8 Å². The van der Waals surface area contributed by atoms with E-state index in [4.69, 9.17) is 9.47 Å². The highest BCUT2D eigenvalue weighted by Gasteiger charge is 2.19. The van der Waals surface area contributed by atoms with E-state index in [0.717, 1.165) is 24.3 Å². The summed E-state index contributed by atoms with van der Waals surface area (Å²) in [4.78, 5) is 0. The fraction of sp³-hybridized carbons (Fsp3) is 0.185. The third kappa shape index (κ3) is 4.12. The van der Waals surface area contributed by atoms with E-state index >= 15 is 0 Å². The largest absolute Gasteiger partial charge is 0.496 e. The molecule has 4 aromatic rings. The Morgan fingerprint density at radius 1 is 0.586 bits per heavy atom. The van der Waals surface area contributed by atoms with Crippen molar-refractivity contribution in [2.24, 2.45) is 0 Å². The second kappa shape index (κ2) is 8.83. The van der Waals surface area contributed by atoms with E-state index < -0.39 is 0 Å². The lowest BCUT2D eigenvalue weighted by Gasteiger charge is -2.22. The minimum atomic E-state index is 0.300. The second-order valence-electron chi connectivity index (χ2n) is 7.30. The van der Waals surface area contributed by atoms with Crippen molar-refractivity contribution in [3.05, 3.63) is 108 Å². The van der Waals surface area contributed by atoms with Crippen LogP contribution < -0.4 is 9.47 Å². The van der Waals surface area contributed by atoms with Gasteiger partial charge in [0.25, 0.3) is 0 Å². The van der Waals surface area contributed by atoms with E-state index in [1.54, 1.807) is 14.2 Å². The lowest BCUT2D eigenvalue weighted by Crippen LogP contribution is -2.09. The van der Waals surface area contributed by atoms with Crippen LogP contribution in [0.5, 0.6) is 11.5 Å². The zero-order chi connectivity index (χ0) is 20.1. The fourth-order valence-electron chi connectivity index (χ4n) is 4.17.